The standard InChI is InChI=1S/C17H12N2O2S/c20-11-7-5-10(6-8-11)15-16-14(9-18-17(15)21)22-13-4-2-1-3-12(13)19-16/h1-9,19-20H,(H,18,21). The third kappa shape index (κ3) is 2.07. The summed E-state index contributed by atoms with van der Waals surface area (Å²) in [4.78, 5) is 17.2. The highest BCUT2D eigenvalue weighted by Crippen LogP contribution is 2.46. The number of aromatic amines is 1. The number of phenols is 1. The van der Waals surface area contributed by atoms with Gasteiger partial charge in [-0.2, -0.15) is 0 Å². The number of para-hydroxylation sites is 1. The molecule has 5 heteroatoms. The molecule has 1 aliphatic rings. The molecule has 0 saturated carbocycles. The lowest BCUT2D eigenvalue weighted by Crippen LogP contribution is -2.14. The smallest absolute Gasteiger partial charge is 0.258 e. The van der Waals surface area contributed by atoms with Crippen molar-refractivity contribution in [2.75, 3.05) is 5.32 Å². The first kappa shape index (κ1) is 13.0. The SMILES string of the molecule is O=c1[nH]cc2c(c1-c1ccc(O)cc1)Nc1ccccc1S2. The van der Waals surface area contributed by atoms with E-state index in [9.17, 15) is 9.90 Å². The maximum Gasteiger partial charge on any atom is 0.258 e. The maximum atomic E-state index is 12.3. The molecule has 0 spiro atoms. The van der Waals surface area contributed by atoms with E-state index in [0.29, 0.717) is 5.56 Å². The molecule has 0 atom stereocenters. The lowest BCUT2D eigenvalue weighted by molar-refractivity contribution is 0.475. The van der Waals surface area contributed by atoms with Gasteiger partial charge in [0.25, 0.3) is 5.56 Å². The number of anilines is 2. The molecular weight excluding hydrogens is 296 g/mol. The number of phenolic OH excluding ortho intramolecular Hbond substituents is 1. The highest BCUT2D eigenvalue weighted by Gasteiger charge is 2.21. The van der Waals surface area contributed by atoms with Crippen molar-refractivity contribution in [2.45, 2.75) is 9.79 Å². The van der Waals surface area contributed by atoms with Gasteiger partial charge in [0.05, 0.1) is 21.8 Å². The minimum atomic E-state index is -0.156. The monoisotopic (exact) mass is 308 g/mol. The van der Waals surface area contributed by atoms with Crippen LogP contribution in [0.25, 0.3) is 11.1 Å². The molecule has 4 rings (SSSR count). The summed E-state index contributed by atoms with van der Waals surface area (Å²) in [5.74, 6) is 0.178. The van der Waals surface area contributed by atoms with Crippen LogP contribution in [0.2, 0.25) is 0 Å². The Kier molecular flexibility index (Phi) is 2.94. The number of aromatic nitrogens is 1. The molecule has 0 aliphatic carbocycles. The fourth-order valence-corrected chi connectivity index (χ4v) is 3.52. The Bertz CT molecular complexity index is 917. The van der Waals surface area contributed by atoms with Crippen LogP contribution in [0.3, 0.4) is 0 Å². The van der Waals surface area contributed by atoms with Crippen LogP contribution in [0.4, 0.5) is 11.4 Å². The maximum absolute atomic E-state index is 12.3. The van der Waals surface area contributed by atoms with Crippen molar-refractivity contribution in [3.8, 4) is 16.9 Å². The molecule has 0 saturated heterocycles. The third-order valence-corrected chi connectivity index (χ3v) is 4.70. The van der Waals surface area contributed by atoms with Gasteiger partial charge in [-0.3, -0.25) is 4.79 Å². The van der Waals surface area contributed by atoms with E-state index in [2.05, 4.69) is 10.3 Å². The zero-order valence-corrected chi connectivity index (χ0v) is 12.3. The summed E-state index contributed by atoms with van der Waals surface area (Å²) in [7, 11) is 0. The van der Waals surface area contributed by atoms with Crippen LogP contribution in [0, 0.1) is 0 Å². The Labute approximate surface area is 130 Å². The van der Waals surface area contributed by atoms with Crippen molar-refractivity contribution in [3.63, 3.8) is 0 Å². The van der Waals surface area contributed by atoms with Gasteiger partial charge >= 0.3 is 0 Å². The van der Waals surface area contributed by atoms with Gasteiger partial charge < -0.3 is 15.4 Å². The number of hydrogen-bond donors (Lipinski definition) is 3. The number of fused-ring (bicyclic) bond motifs is 2. The molecule has 2 aromatic carbocycles. The second-order valence-electron chi connectivity index (χ2n) is 5.00. The Hall–Kier alpha value is -2.66. The molecule has 4 nitrogen and oxygen atoms in total. The van der Waals surface area contributed by atoms with Crippen LogP contribution in [0.5, 0.6) is 5.75 Å². The number of aromatic hydroxyl groups is 1. The van der Waals surface area contributed by atoms with E-state index in [1.807, 2.05) is 24.3 Å². The molecule has 22 heavy (non-hydrogen) atoms. The number of hydrogen-bond acceptors (Lipinski definition) is 4. The predicted octanol–water partition coefficient (Wildman–Crippen LogP) is 3.96. The van der Waals surface area contributed by atoms with Crippen molar-refractivity contribution in [1.29, 1.82) is 0 Å². The number of benzene rings is 2. The number of rotatable bonds is 1. The van der Waals surface area contributed by atoms with Crippen molar-refractivity contribution in [1.82, 2.24) is 4.98 Å². The van der Waals surface area contributed by atoms with Crippen molar-refractivity contribution in [2.24, 2.45) is 0 Å². The Morgan fingerprint density at radius 1 is 0.955 bits per heavy atom. The number of H-pyrrole nitrogens is 1. The minimum absolute atomic E-state index is 0.156. The lowest BCUT2D eigenvalue weighted by Gasteiger charge is -2.22. The first-order chi connectivity index (χ1) is 10.7. The average molecular weight is 308 g/mol. The molecule has 0 radical (unpaired) electrons. The summed E-state index contributed by atoms with van der Waals surface area (Å²) in [5.41, 5.74) is 2.99. The van der Waals surface area contributed by atoms with E-state index in [4.69, 9.17) is 0 Å². The molecule has 108 valence electrons. The predicted molar refractivity (Wildman–Crippen MR) is 88.0 cm³/mol. The van der Waals surface area contributed by atoms with Gasteiger partial charge in [0.2, 0.25) is 0 Å². The van der Waals surface area contributed by atoms with Crippen LogP contribution in [0.15, 0.2) is 69.3 Å². The summed E-state index contributed by atoms with van der Waals surface area (Å²) in [5, 5.41) is 12.8. The largest absolute Gasteiger partial charge is 0.508 e. The van der Waals surface area contributed by atoms with Crippen LogP contribution in [-0.4, -0.2) is 10.1 Å². The van der Waals surface area contributed by atoms with E-state index < -0.39 is 0 Å². The van der Waals surface area contributed by atoms with Crippen LogP contribution >= 0.6 is 11.8 Å². The molecule has 0 fully saturated rings. The molecule has 3 aromatic rings. The average Bonchev–Trinajstić information content (AvgIpc) is 2.54. The lowest BCUT2D eigenvalue weighted by atomic mass is 10.0. The van der Waals surface area contributed by atoms with Gasteiger partial charge in [0.15, 0.2) is 0 Å². The summed E-state index contributed by atoms with van der Waals surface area (Å²) >= 11 is 1.62. The van der Waals surface area contributed by atoms with E-state index in [1.165, 1.54) is 0 Å². The molecule has 1 aromatic heterocycles. The molecule has 2 heterocycles. The van der Waals surface area contributed by atoms with E-state index in [0.717, 1.165) is 26.7 Å². The Morgan fingerprint density at radius 3 is 2.55 bits per heavy atom. The van der Waals surface area contributed by atoms with Crippen LogP contribution in [0.1, 0.15) is 0 Å². The zero-order chi connectivity index (χ0) is 15.1. The van der Waals surface area contributed by atoms with Gasteiger partial charge in [-0.05, 0) is 29.8 Å². The molecule has 3 N–H and O–H groups in total. The first-order valence-electron chi connectivity index (χ1n) is 6.81. The zero-order valence-electron chi connectivity index (χ0n) is 11.5. The molecule has 0 unspecified atom stereocenters. The third-order valence-electron chi connectivity index (χ3n) is 3.58. The van der Waals surface area contributed by atoms with Crippen LogP contribution in [-0.2, 0) is 0 Å². The van der Waals surface area contributed by atoms with Crippen LogP contribution < -0.4 is 10.9 Å². The van der Waals surface area contributed by atoms with Gasteiger partial charge in [-0.25, -0.2) is 0 Å². The molecule has 0 amide bonds. The highest BCUT2D eigenvalue weighted by molar-refractivity contribution is 7.99. The van der Waals surface area contributed by atoms with Gasteiger partial charge in [0.1, 0.15) is 5.75 Å². The van der Waals surface area contributed by atoms with Crippen molar-refractivity contribution < 1.29 is 5.11 Å². The fraction of sp³-hybridized carbons (Fsp3) is 0. The first-order valence-corrected chi connectivity index (χ1v) is 7.63. The second-order valence-corrected chi connectivity index (χ2v) is 6.09. The topological polar surface area (TPSA) is 65.1 Å². The summed E-state index contributed by atoms with van der Waals surface area (Å²) in [6.07, 6.45) is 1.73. The molecule has 0 bridgehead atoms. The number of pyridine rings is 1. The molecular formula is C17H12N2O2S. The summed E-state index contributed by atoms with van der Waals surface area (Å²) in [6.45, 7) is 0. The van der Waals surface area contributed by atoms with Gasteiger partial charge in [-0.1, -0.05) is 36.0 Å². The van der Waals surface area contributed by atoms with E-state index in [-0.39, 0.29) is 11.3 Å². The normalized spacial score (nSPS) is 12.2. The van der Waals surface area contributed by atoms with E-state index in [1.54, 1.807) is 42.2 Å². The van der Waals surface area contributed by atoms with E-state index >= 15 is 0 Å². The molecule has 1 aliphatic heterocycles. The van der Waals surface area contributed by atoms with Gasteiger partial charge in [-0.15, -0.1) is 0 Å². The Balaban J connectivity index is 1.91. The number of nitrogens with one attached hydrogen (secondary N) is 2. The second kappa shape index (κ2) is 4.96. The fourth-order valence-electron chi connectivity index (χ4n) is 2.53. The minimum Gasteiger partial charge on any atom is -0.508 e. The van der Waals surface area contributed by atoms with Gasteiger partial charge in [0, 0.05) is 11.1 Å². The Morgan fingerprint density at radius 2 is 1.73 bits per heavy atom. The quantitative estimate of drug-likeness (QED) is 0.498. The summed E-state index contributed by atoms with van der Waals surface area (Å²) in [6, 6.07) is 14.6. The highest BCUT2D eigenvalue weighted by atomic mass is 32.2. The van der Waals surface area contributed by atoms with Crippen molar-refractivity contribution in [3.05, 3.63) is 65.1 Å². The summed E-state index contributed by atoms with van der Waals surface area (Å²) < 4.78 is 0. The van der Waals surface area contributed by atoms with Crippen molar-refractivity contribution >= 4 is 23.1 Å².